The third-order valence-electron chi connectivity index (χ3n) is 7.31. The van der Waals surface area contributed by atoms with E-state index in [0.717, 1.165) is 39.1 Å². The Morgan fingerprint density at radius 1 is 1.07 bits per heavy atom. The monoisotopic (exact) mass is 586 g/mol. The highest BCUT2D eigenvalue weighted by Crippen LogP contribution is 2.35. The molecule has 0 saturated carbocycles. The number of rotatable bonds is 10. The first-order valence-electron chi connectivity index (χ1n) is 13.9. The van der Waals surface area contributed by atoms with E-state index in [-0.39, 0.29) is 11.8 Å². The average Bonchev–Trinajstić information content (AvgIpc) is 3.64. The summed E-state index contributed by atoms with van der Waals surface area (Å²) in [5.41, 5.74) is 7.53. The van der Waals surface area contributed by atoms with E-state index in [0.29, 0.717) is 41.8 Å². The van der Waals surface area contributed by atoms with Crippen molar-refractivity contribution in [3.8, 4) is 33.9 Å². The van der Waals surface area contributed by atoms with Crippen LogP contribution in [0.4, 0.5) is 17.2 Å². The Hall–Kier alpha value is -5.90. The Kier molecular flexibility index (Phi) is 7.79. The van der Waals surface area contributed by atoms with Gasteiger partial charge >= 0.3 is 0 Å². The molecule has 0 fully saturated rings. The number of nitrogens with zero attached hydrogens (tertiary/aromatic N) is 3. The maximum Gasteiger partial charge on any atom is 0.254 e. The molecule has 2 aromatic heterocycles. The molecule has 1 aliphatic rings. The van der Waals surface area contributed by atoms with E-state index in [4.69, 9.17) is 9.47 Å². The van der Waals surface area contributed by atoms with Crippen LogP contribution in [0.25, 0.3) is 22.4 Å². The molecule has 0 atom stereocenters. The molecule has 1 aliphatic heterocycles. The molecular formula is C34H30N6O4. The Balaban J connectivity index is 1.20. The van der Waals surface area contributed by atoms with Gasteiger partial charge in [0.2, 0.25) is 5.91 Å². The molecule has 0 aliphatic carbocycles. The largest absolute Gasteiger partial charge is 0.495 e. The first-order valence-corrected chi connectivity index (χ1v) is 13.9. The van der Waals surface area contributed by atoms with E-state index < -0.39 is 0 Å². The van der Waals surface area contributed by atoms with E-state index in [9.17, 15) is 9.59 Å². The lowest BCUT2D eigenvalue weighted by Crippen LogP contribution is -2.17. The number of carbonyl (C=O) groups excluding carboxylic acids is 2. The number of aromatic nitrogens is 3. The fraction of sp³-hybridized carbons (Fsp3) is 0.118. The zero-order valence-electron chi connectivity index (χ0n) is 24.3. The predicted molar refractivity (Wildman–Crippen MR) is 169 cm³/mol. The van der Waals surface area contributed by atoms with Crippen molar-refractivity contribution in [2.24, 2.45) is 0 Å². The first kappa shape index (κ1) is 28.2. The number of anilines is 3. The third-order valence-corrected chi connectivity index (χ3v) is 7.31. The molecule has 6 rings (SSSR count). The lowest BCUT2D eigenvalue weighted by Gasteiger charge is -2.13. The van der Waals surface area contributed by atoms with Crippen LogP contribution in [0.2, 0.25) is 0 Å². The Labute approximate surface area is 254 Å². The second-order valence-corrected chi connectivity index (χ2v) is 10.3. The Bertz CT molecular complexity index is 1880. The van der Waals surface area contributed by atoms with E-state index in [2.05, 4.69) is 32.4 Å². The van der Waals surface area contributed by atoms with Crippen LogP contribution in [0, 0.1) is 0 Å². The van der Waals surface area contributed by atoms with Crippen LogP contribution in [-0.4, -0.2) is 46.1 Å². The van der Waals surface area contributed by atoms with Gasteiger partial charge < -0.3 is 25.0 Å². The molecule has 10 heteroatoms. The number of carbonyl (C=O) groups is 2. The van der Waals surface area contributed by atoms with Gasteiger partial charge in [-0.25, -0.2) is 4.98 Å². The second-order valence-electron chi connectivity index (χ2n) is 10.3. The highest BCUT2D eigenvalue weighted by atomic mass is 16.5. The maximum absolute atomic E-state index is 12.2. The molecule has 0 spiro atoms. The van der Waals surface area contributed by atoms with E-state index in [1.807, 2.05) is 54.6 Å². The number of methoxy groups -OCH3 is 1. The SMILES string of the molecule is C=CC(=O)Nc1ccc(OC)c(Nc2cc(-c3cn[nH]c3-c3cccc(OCc4ccc5c(c4)CN(C)C5=O)c3)ccn2)c1. The number of nitrogens with one attached hydrogen (secondary N) is 3. The van der Waals surface area contributed by atoms with Crippen LogP contribution < -0.4 is 20.1 Å². The van der Waals surface area contributed by atoms with Crippen molar-refractivity contribution in [3.05, 3.63) is 115 Å². The summed E-state index contributed by atoms with van der Waals surface area (Å²) in [7, 11) is 3.38. The van der Waals surface area contributed by atoms with Crippen molar-refractivity contribution in [3.63, 3.8) is 0 Å². The van der Waals surface area contributed by atoms with Crippen LogP contribution in [0.15, 0.2) is 97.8 Å². The normalized spacial score (nSPS) is 12.0. The number of benzene rings is 3. The molecule has 0 radical (unpaired) electrons. The summed E-state index contributed by atoms with van der Waals surface area (Å²) in [6.45, 7) is 4.49. The van der Waals surface area contributed by atoms with Crippen LogP contribution >= 0.6 is 0 Å². The lowest BCUT2D eigenvalue weighted by atomic mass is 10.0. The van der Waals surface area contributed by atoms with E-state index >= 15 is 0 Å². The number of hydrogen-bond donors (Lipinski definition) is 3. The fourth-order valence-electron chi connectivity index (χ4n) is 5.12. The minimum absolute atomic E-state index is 0.0517. The van der Waals surface area contributed by atoms with Gasteiger partial charge in [-0.05, 0) is 77.4 Å². The van der Waals surface area contributed by atoms with E-state index in [1.165, 1.54) is 6.08 Å². The minimum Gasteiger partial charge on any atom is -0.495 e. The number of ether oxygens (including phenoxy) is 2. The molecule has 0 saturated heterocycles. The number of amides is 2. The Morgan fingerprint density at radius 2 is 1.95 bits per heavy atom. The maximum atomic E-state index is 12.2. The standard InChI is InChI=1S/C34H30N6O4/c1-4-32(41)37-25-9-11-30(43-3)29(17-25)38-31-16-22(12-13-35-31)28-18-36-39-33(28)23-6-5-7-26(15-23)44-20-21-8-10-27-24(14-21)19-40(2)34(27)42/h4-18H,1,19-20H2,2-3H3,(H,35,38)(H,36,39)(H,37,41). The van der Waals surface area contributed by atoms with Gasteiger partial charge in [-0.2, -0.15) is 5.10 Å². The van der Waals surface area contributed by atoms with Crippen molar-refractivity contribution in [1.82, 2.24) is 20.1 Å². The topological polar surface area (TPSA) is 121 Å². The predicted octanol–water partition coefficient (Wildman–Crippen LogP) is 6.18. The highest BCUT2D eigenvalue weighted by molar-refractivity contribution is 5.99. The van der Waals surface area contributed by atoms with Crippen molar-refractivity contribution in [1.29, 1.82) is 0 Å². The second kappa shape index (κ2) is 12.1. The van der Waals surface area contributed by atoms with Crippen molar-refractivity contribution in [2.45, 2.75) is 13.2 Å². The quantitative estimate of drug-likeness (QED) is 0.167. The molecule has 3 aromatic carbocycles. The van der Waals surface area contributed by atoms with Gasteiger partial charge in [-0.3, -0.25) is 14.7 Å². The summed E-state index contributed by atoms with van der Waals surface area (Å²) in [6, 6.07) is 22.8. The van der Waals surface area contributed by atoms with Crippen LogP contribution in [0.3, 0.4) is 0 Å². The van der Waals surface area contributed by atoms with Crippen LogP contribution in [0.1, 0.15) is 21.5 Å². The number of pyridine rings is 1. The molecule has 0 unspecified atom stereocenters. The van der Waals surface area contributed by atoms with Gasteiger partial charge in [0.15, 0.2) is 0 Å². The molecule has 44 heavy (non-hydrogen) atoms. The molecule has 10 nitrogen and oxygen atoms in total. The van der Waals surface area contributed by atoms with Crippen molar-refractivity contribution >= 4 is 29.0 Å². The number of hydrogen-bond acceptors (Lipinski definition) is 7. The molecule has 0 bridgehead atoms. The summed E-state index contributed by atoms with van der Waals surface area (Å²) in [4.78, 5) is 30.2. The zero-order valence-corrected chi connectivity index (χ0v) is 24.3. The lowest BCUT2D eigenvalue weighted by molar-refractivity contribution is -0.111. The molecule has 220 valence electrons. The van der Waals surface area contributed by atoms with Gasteiger partial charge in [-0.15, -0.1) is 0 Å². The summed E-state index contributed by atoms with van der Waals surface area (Å²) < 4.78 is 11.6. The molecule has 3 heterocycles. The minimum atomic E-state index is -0.308. The molecule has 3 N–H and O–H groups in total. The van der Waals surface area contributed by atoms with Gasteiger partial charge in [0, 0.05) is 42.2 Å². The Morgan fingerprint density at radius 3 is 2.80 bits per heavy atom. The van der Waals surface area contributed by atoms with Crippen LogP contribution in [-0.2, 0) is 17.9 Å². The summed E-state index contributed by atoms with van der Waals surface area (Å²) >= 11 is 0. The zero-order chi connectivity index (χ0) is 30.6. The first-order chi connectivity index (χ1) is 21.4. The molecular weight excluding hydrogens is 556 g/mol. The highest BCUT2D eigenvalue weighted by Gasteiger charge is 2.24. The summed E-state index contributed by atoms with van der Waals surface area (Å²) in [5, 5.41) is 13.5. The summed E-state index contributed by atoms with van der Waals surface area (Å²) in [6.07, 6.45) is 4.70. The van der Waals surface area contributed by atoms with Gasteiger partial charge in [-0.1, -0.05) is 24.8 Å². The number of fused-ring (bicyclic) bond motifs is 1. The van der Waals surface area contributed by atoms with E-state index in [1.54, 1.807) is 49.7 Å². The van der Waals surface area contributed by atoms with Gasteiger partial charge in [0.25, 0.3) is 5.91 Å². The van der Waals surface area contributed by atoms with Gasteiger partial charge in [0.05, 0.1) is 24.7 Å². The average molecular weight is 587 g/mol. The van der Waals surface area contributed by atoms with Crippen molar-refractivity contribution in [2.75, 3.05) is 24.8 Å². The smallest absolute Gasteiger partial charge is 0.254 e. The molecule has 2 amide bonds. The van der Waals surface area contributed by atoms with Crippen LogP contribution in [0.5, 0.6) is 11.5 Å². The third kappa shape index (κ3) is 5.86. The fourth-order valence-corrected chi connectivity index (χ4v) is 5.12. The molecule has 5 aromatic rings. The number of aromatic amines is 1. The summed E-state index contributed by atoms with van der Waals surface area (Å²) in [5.74, 6) is 1.63. The number of H-pyrrole nitrogens is 1. The van der Waals surface area contributed by atoms with Gasteiger partial charge in [0.1, 0.15) is 23.9 Å². The van der Waals surface area contributed by atoms with Crippen molar-refractivity contribution < 1.29 is 19.1 Å².